The Balaban J connectivity index is 0.00000361. The minimum absolute atomic E-state index is 0. The second kappa shape index (κ2) is 7.82. The Labute approximate surface area is 122 Å². The molecule has 1 atom stereocenters. The summed E-state index contributed by atoms with van der Waals surface area (Å²) >= 11 is 0. The van der Waals surface area contributed by atoms with Crippen LogP contribution in [-0.4, -0.2) is 21.0 Å². The van der Waals surface area contributed by atoms with Crippen LogP contribution >= 0.6 is 12.4 Å². The van der Waals surface area contributed by atoms with E-state index in [-0.39, 0.29) is 19.0 Å². The maximum absolute atomic E-state index is 13.0. The molecule has 0 spiro atoms. The minimum atomic E-state index is -4.11. The fraction of sp³-hybridized carbons (Fsp3) is 0.455. The van der Waals surface area contributed by atoms with Crippen LogP contribution in [-0.2, 0) is 10.0 Å². The lowest BCUT2D eigenvalue weighted by molar-refractivity contribution is 0.442. The zero-order valence-electron chi connectivity index (χ0n) is 10.7. The molecule has 1 unspecified atom stereocenters. The summed E-state index contributed by atoms with van der Waals surface area (Å²) in [7, 11) is -4.11. The van der Waals surface area contributed by atoms with Crippen molar-refractivity contribution in [3.05, 3.63) is 29.6 Å². The van der Waals surface area contributed by atoms with Gasteiger partial charge in [0, 0.05) is 12.6 Å². The van der Waals surface area contributed by atoms with Gasteiger partial charge in [0.1, 0.15) is 0 Å². The van der Waals surface area contributed by atoms with Gasteiger partial charge in [0.2, 0.25) is 10.0 Å². The first-order valence-electron chi connectivity index (χ1n) is 5.67. The summed E-state index contributed by atoms with van der Waals surface area (Å²) in [6.45, 7) is 1.83. The lowest BCUT2D eigenvalue weighted by atomic mass is 10.2. The van der Waals surface area contributed by atoms with Gasteiger partial charge in [-0.25, -0.2) is 26.3 Å². The van der Waals surface area contributed by atoms with E-state index in [4.69, 9.17) is 5.73 Å². The Bertz CT molecular complexity index is 532. The van der Waals surface area contributed by atoms with Crippen molar-refractivity contribution in [2.45, 2.75) is 30.7 Å². The van der Waals surface area contributed by atoms with Crippen LogP contribution in [0.2, 0.25) is 0 Å². The van der Waals surface area contributed by atoms with Crippen LogP contribution < -0.4 is 10.5 Å². The molecule has 0 aliphatic heterocycles. The van der Waals surface area contributed by atoms with E-state index >= 15 is 0 Å². The predicted octanol–water partition coefficient (Wildman–Crippen LogP) is 1.93. The molecule has 1 aromatic rings. The summed E-state index contributed by atoms with van der Waals surface area (Å²) in [6, 6.07) is 0.452. The number of sulfonamides is 1. The van der Waals surface area contributed by atoms with E-state index in [1.807, 2.05) is 6.92 Å². The number of hydrogen-bond donors (Lipinski definition) is 2. The summed E-state index contributed by atoms with van der Waals surface area (Å²) in [5.41, 5.74) is 5.62. The Kier molecular flexibility index (Phi) is 7.50. The molecule has 3 N–H and O–H groups in total. The zero-order chi connectivity index (χ0) is 14.6. The number of nitrogens with one attached hydrogen (secondary N) is 1. The van der Waals surface area contributed by atoms with E-state index < -0.39 is 38.4 Å². The van der Waals surface area contributed by atoms with E-state index in [2.05, 4.69) is 4.72 Å². The lowest BCUT2D eigenvalue weighted by Gasteiger charge is -2.12. The van der Waals surface area contributed by atoms with Crippen LogP contribution in [0.25, 0.3) is 0 Å². The third kappa shape index (κ3) is 4.93. The third-order valence-electron chi connectivity index (χ3n) is 2.46. The second-order valence-corrected chi connectivity index (χ2v) is 5.87. The molecule has 20 heavy (non-hydrogen) atoms. The number of benzene rings is 1. The van der Waals surface area contributed by atoms with Gasteiger partial charge >= 0.3 is 0 Å². The summed E-state index contributed by atoms with van der Waals surface area (Å²) in [5, 5.41) is 0. The summed E-state index contributed by atoms with van der Waals surface area (Å²) in [5.74, 6) is -4.82. The largest absolute Gasteiger partial charge is 0.327 e. The molecule has 4 nitrogen and oxygen atoms in total. The van der Waals surface area contributed by atoms with Gasteiger partial charge in [0.15, 0.2) is 17.5 Å². The predicted molar refractivity (Wildman–Crippen MR) is 71.6 cm³/mol. The monoisotopic (exact) mass is 332 g/mol. The Morgan fingerprint density at radius 3 is 2.20 bits per heavy atom. The minimum Gasteiger partial charge on any atom is -0.327 e. The van der Waals surface area contributed by atoms with Gasteiger partial charge in [-0.05, 0) is 18.6 Å². The number of halogens is 4. The molecule has 0 bridgehead atoms. The normalized spacial score (nSPS) is 12.8. The topological polar surface area (TPSA) is 72.2 Å². The van der Waals surface area contributed by atoms with Gasteiger partial charge < -0.3 is 5.73 Å². The molecule has 0 fully saturated rings. The molecule has 0 aromatic heterocycles. The molecule has 116 valence electrons. The molecule has 0 saturated carbocycles. The Hall–Kier alpha value is -0.830. The fourth-order valence-corrected chi connectivity index (χ4v) is 2.58. The van der Waals surface area contributed by atoms with E-state index in [1.54, 1.807) is 0 Å². The fourth-order valence-electron chi connectivity index (χ4n) is 1.46. The van der Waals surface area contributed by atoms with Crippen molar-refractivity contribution in [2.24, 2.45) is 5.73 Å². The van der Waals surface area contributed by atoms with E-state index in [9.17, 15) is 21.6 Å². The molecule has 1 aromatic carbocycles. The molecule has 0 heterocycles. The van der Waals surface area contributed by atoms with Crippen molar-refractivity contribution in [3.63, 3.8) is 0 Å². The average Bonchev–Trinajstić information content (AvgIpc) is 2.33. The average molecular weight is 333 g/mol. The molecular formula is C11H16ClF3N2O2S. The maximum Gasteiger partial charge on any atom is 0.240 e. The first-order valence-corrected chi connectivity index (χ1v) is 7.16. The zero-order valence-corrected chi connectivity index (χ0v) is 12.3. The van der Waals surface area contributed by atoms with Crippen molar-refractivity contribution in [1.29, 1.82) is 0 Å². The maximum atomic E-state index is 13.0. The van der Waals surface area contributed by atoms with Crippen LogP contribution in [0.5, 0.6) is 0 Å². The van der Waals surface area contributed by atoms with Crippen LogP contribution in [0.15, 0.2) is 17.0 Å². The third-order valence-corrected chi connectivity index (χ3v) is 3.87. The number of hydrogen-bond acceptors (Lipinski definition) is 3. The summed E-state index contributed by atoms with van der Waals surface area (Å²) in [6.07, 6.45) is 1.39. The smallest absolute Gasteiger partial charge is 0.240 e. The lowest BCUT2D eigenvalue weighted by Crippen LogP contribution is -2.37. The van der Waals surface area contributed by atoms with Crippen LogP contribution in [0.3, 0.4) is 0 Å². The van der Waals surface area contributed by atoms with Gasteiger partial charge in [0.25, 0.3) is 0 Å². The van der Waals surface area contributed by atoms with Crippen molar-refractivity contribution >= 4 is 22.4 Å². The number of rotatable bonds is 6. The Morgan fingerprint density at radius 2 is 1.75 bits per heavy atom. The van der Waals surface area contributed by atoms with Crippen LogP contribution in [0.4, 0.5) is 13.2 Å². The molecule has 0 aliphatic rings. The molecule has 1 rings (SSSR count). The Morgan fingerprint density at radius 1 is 1.25 bits per heavy atom. The first kappa shape index (κ1) is 19.2. The van der Waals surface area contributed by atoms with Crippen molar-refractivity contribution < 1.29 is 21.6 Å². The summed E-state index contributed by atoms with van der Waals surface area (Å²) < 4.78 is 64.2. The van der Waals surface area contributed by atoms with Crippen molar-refractivity contribution in [1.82, 2.24) is 4.72 Å². The van der Waals surface area contributed by atoms with E-state index in [0.29, 0.717) is 18.6 Å². The van der Waals surface area contributed by atoms with E-state index in [1.165, 1.54) is 0 Å². The molecular weight excluding hydrogens is 317 g/mol. The SMILES string of the molecule is CCCC(N)CNS(=O)(=O)c1cc(F)c(F)c(F)c1.Cl. The summed E-state index contributed by atoms with van der Waals surface area (Å²) in [4.78, 5) is -0.674. The van der Waals surface area contributed by atoms with Crippen LogP contribution in [0, 0.1) is 17.5 Å². The van der Waals surface area contributed by atoms with Gasteiger partial charge in [-0.3, -0.25) is 0 Å². The molecule has 9 heteroatoms. The van der Waals surface area contributed by atoms with Gasteiger partial charge in [-0.15, -0.1) is 12.4 Å². The van der Waals surface area contributed by atoms with Gasteiger partial charge in [-0.2, -0.15) is 0 Å². The number of nitrogens with two attached hydrogens (primary N) is 1. The quantitative estimate of drug-likeness (QED) is 0.782. The van der Waals surface area contributed by atoms with Crippen molar-refractivity contribution in [3.8, 4) is 0 Å². The molecule has 0 amide bonds. The van der Waals surface area contributed by atoms with Gasteiger partial charge in [-0.1, -0.05) is 13.3 Å². The first-order chi connectivity index (χ1) is 8.77. The van der Waals surface area contributed by atoms with Crippen molar-refractivity contribution in [2.75, 3.05) is 6.54 Å². The molecule has 0 radical (unpaired) electrons. The highest BCUT2D eigenvalue weighted by Crippen LogP contribution is 2.17. The molecule has 0 saturated heterocycles. The highest BCUT2D eigenvalue weighted by atomic mass is 35.5. The second-order valence-electron chi connectivity index (χ2n) is 4.10. The standard InChI is InChI=1S/C11H15F3N2O2S.ClH/c1-2-3-7(15)6-16-19(17,18)8-4-9(12)11(14)10(13)5-8;/h4-5,7,16H,2-3,6,15H2,1H3;1H. The highest BCUT2D eigenvalue weighted by Gasteiger charge is 2.20. The molecule has 0 aliphatic carbocycles. The van der Waals surface area contributed by atoms with Crippen LogP contribution in [0.1, 0.15) is 19.8 Å². The van der Waals surface area contributed by atoms with E-state index in [0.717, 1.165) is 6.42 Å². The van der Waals surface area contributed by atoms with Gasteiger partial charge in [0.05, 0.1) is 4.90 Å². The highest BCUT2D eigenvalue weighted by molar-refractivity contribution is 7.89.